The molecule has 42 heavy (non-hydrogen) atoms. The van der Waals surface area contributed by atoms with E-state index in [1.165, 1.54) is 31.2 Å². The van der Waals surface area contributed by atoms with Gasteiger partial charge in [0.15, 0.2) is 12.4 Å². The Morgan fingerprint density at radius 1 is 1.12 bits per heavy atom. The van der Waals surface area contributed by atoms with E-state index in [1.807, 2.05) is 12.1 Å². The fourth-order valence-electron chi connectivity index (χ4n) is 4.19. The lowest BCUT2D eigenvalue weighted by Crippen LogP contribution is -2.56. The van der Waals surface area contributed by atoms with Gasteiger partial charge in [-0.1, -0.05) is 0 Å². The van der Waals surface area contributed by atoms with E-state index >= 15 is 0 Å². The maximum atomic E-state index is 13.8. The quantitative estimate of drug-likeness (QED) is 0.250. The van der Waals surface area contributed by atoms with E-state index in [0.29, 0.717) is 35.1 Å². The van der Waals surface area contributed by atoms with Gasteiger partial charge in [0.1, 0.15) is 17.3 Å². The van der Waals surface area contributed by atoms with Crippen molar-refractivity contribution in [2.24, 2.45) is 11.1 Å². The first-order chi connectivity index (χ1) is 20.2. The molecule has 214 valence electrons. The Morgan fingerprint density at radius 2 is 1.83 bits per heavy atom. The second kappa shape index (κ2) is 11.7. The lowest BCUT2D eigenvalue weighted by atomic mass is 9.91. The molecule has 0 radical (unpaired) electrons. The van der Waals surface area contributed by atoms with E-state index in [1.54, 1.807) is 30.7 Å². The highest BCUT2D eigenvalue weighted by Gasteiger charge is 2.54. The maximum Gasteiger partial charge on any atom is 0.317 e. The van der Waals surface area contributed by atoms with E-state index in [-0.39, 0.29) is 19.0 Å². The highest BCUT2D eigenvalue weighted by molar-refractivity contribution is 5.85. The molecule has 1 fully saturated rings. The number of benzene rings is 1. The third-order valence-corrected chi connectivity index (χ3v) is 6.52. The fraction of sp³-hybridized carbons (Fsp3) is 0.250. The minimum absolute atomic E-state index is 0.110. The summed E-state index contributed by atoms with van der Waals surface area (Å²) in [6.07, 6.45) is 4.90. The number of nitrogens with two attached hydrogens (primary N) is 1. The predicted octanol–water partition coefficient (Wildman–Crippen LogP) is 2.44. The van der Waals surface area contributed by atoms with Crippen LogP contribution < -0.4 is 11.1 Å². The normalized spacial score (nSPS) is 19.9. The molecule has 4 aromatic rings. The van der Waals surface area contributed by atoms with Gasteiger partial charge in [-0.25, -0.2) is 19.3 Å². The number of rotatable bonds is 9. The van der Waals surface area contributed by atoms with E-state index in [0.717, 1.165) is 5.56 Å². The van der Waals surface area contributed by atoms with Crippen LogP contribution in [-0.4, -0.2) is 56.6 Å². The lowest BCUT2D eigenvalue weighted by molar-refractivity contribution is -0.293. The average Bonchev–Trinajstić information content (AvgIpc) is 3.46. The number of H-pyrrole nitrogens is 1. The summed E-state index contributed by atoms with van der Waals surface area (Å²) in [6, 6.07) is 12.6. The lowest BCUT2D eigenvalue weighted by Gasteiger charge is -2.40. The number of pyridine rings is 1. The van der Waals surface area contributed by atoms with Crippen LogP contribution in [0, 0.1) is 22.6 Å². The number of imidazole rings is 1. The third-order valence-electron chi connectivity index (χ3n) is 6.52. The molecule has 1 aromatic carbocycles. The molecular weight excluding hydrogens is 547 g/mol. The summed E-state index contributed by atoms with van der Waals surface area (Å²) in [4.78, 5) is 45.8. The number of amides is 1. The van der Waals surface area contributed by atoms with Gasteiger partial charge in [0.25, 0.3) is 5.91 Å². The Bertz CT molecular complexity index is 1630. The van der Waals surface area contributed by atoms with Crippen molar-refractivity contribution in [1.29, 1.82) is 5.26 Å². The van der Waals surface area contributed by atoms with Crippen molar-refractivity contribution in [2.45, 2.75) is 19.3 Å². The van der Waals surface area contributed by atoms with Gasteiger partial charge < -0.3 is 30.2 Å². The van der Waals surface area contributed by atoms with Crippen LogP contribution in [0.4, 0.5) is 10.3 Å². The number of aromatic nitrogens is 5. The Kier molecular flexibility index (Phi) is 7.87. The van der Waals surface area contributed by atoms with Gasteiger partial charge in [-0.2, -0.15) is 5.26 Å². The molecule has 0 aliphatic carbocycles. The van der Waals surface area contributed by atoms with Crippen LogP contribution >= 0.6 is 0 Å². The topological polar surface area (TPSA) is 191 Å². The number of hydrogen-bond donors (Lipinski definition) is 3. The molecular formula is C28H25FN8O5. The van der Waals surface area contributed by atoms with Crippen LogP contribution in [-0.2, 0) is 36.1 Å². The van der Waals surface area contributed by atoms with Crippen molar-refractivity contribution in [2.75, 3.05) is 25.1 Å². The van der Waals surface area contributed by atoms with E-state index in [9.17, 15) is 14.0 Å². The number of carbonyl (C=O) groups excluding carboxylic acids is 2. The Labute approximate surface area is 238 Å². The number of nitrogens with one attached hydrogen (secondary N) is 2. The summed E-state index contributed by atoms with van der Waals surface area (Å²) >= 11 is 0. The average molecular weight is 573 g/mol. The largest absolute Gasteiger partial charge is 0.450 e. The van der Waals surface area contributed by atoms with Gasteiger partial charge in [0, 0.05) is 30.7 Å². The predicted molar refractivity (Wildman–Crippen MR) is 144 cm³/mol. The number of nitriles is 1. The summed E-state index contributed by atoms with van der Waals surface area (Å²) in [7, 11) is 0. The molecule has 1 aliphatic rings. The second-order valence-electron chi connectivity index (χ2n) is 9.64. The number of esters is 1. The molecule has 13 nitrogen and oxygen atoms in total. The van der Waals surface area contributed by atoms with Crippen LogP contribution in [0.1, 0.15) is 18.3 Å². The second-order valence-corrected chi connectivity index (χ2v) is 9.64. The molecule has 3 aromatic heterocycles. The summed E-state index contributed by atoms with van der Waals surface area (Å²) in [5.74, 6) is -4.20. The molecule has 1 saturated heterocycles. The molecule has 0 unspecified atom stereocenters. The van der Waals surface area contributed by atoms with Gasteiger partial charge in [-0.05, 0) is 55.0 Å². The number of nitrogens with zero attached hydrogens (tertiary/aromatic N) is 5. The van der Waals surface area contributed by atoms with E-state index < -0.39 is 35.5 Å². The van der Waals surface area contributed by atoms with Gasteiger partial charge >= 0.3 is 11.8 Å². The van der Waals surface area contributed by atoms with Crippen molar-refractivity contribution in [3.8, 4) is 28.7 Å². The molecule has 4 heterocycles. The number of aromatic amines is 1. The van der Waals surface area contributed by atoms with Gasteiger partial charge in [-0.15, -0.1) is 0 Å². The van der Waals surface area contributed by atoms with Crippen molar-refractivity contribution in [1.82, 2.24) is 24.9 Å². The first-order valence-corrected chi connectivity index (χ1v) is 12.7. The van der Waals surface area contributed by atoms with Crippen LogP contribution in [0.25, 0.3) is 22.6 Å². The molecule has 0 spiro atoms. The standard InChI is InChI=1S/C28H25FN8O5/c1-27(25(39)40-13-9-30)15-41-28(23(31)38,42-16-27)24-36-21(18-2-4-19(29)5-3-18)22(37-24)20-8-12-33-26(35-20)34-14-17-6-10-32-11-7-17/h2-8,10-12H,13-16H2,1H3,(H2,31,38)(H,36,37)(H,33,34,35). The van der Waals surface area contributed by atoms with Gasteiger partial charge in [-0.3, -0.25) is 14.6 Å². The summed E-state index contributed by atoms with van der Waals surface area (Å²) in [5, 5.41) is 11.9. The number of ether oxygens (including phenoxy) is 3. The Morgan fingerprint density at radius 3 is 2.50 bits per heavy atom. The number of carbonyl (C=O) groups is 2. The molecule has 5 rings (SSSR count). The first-order valence-electron chi connectivity index (χ1n) is 12.7. The van der Waals surface area contributed by atoms with Crippen LogP contribution in [0.2, 0.25) is 0 Å². The molecule has 0 atom stereocenters. The van der Waals surface area contributed by atoms with Gasteiger partial charge in [0.2, 0.25) is 5.95 Å². The zero-order chi connectivity index (χ0) is 29.7. The highest BCUT2D eigenvalue weighted by atomic mass is 19.1. The molecule has 4 N–H and O–H groups in total. The fourth-order valence-corrected chi connectivity index (χ4v) is 4.19. The van der Waals surface area contributed by atoms with Gasteiger partial charge in [0.05, 0.1) is 30.3 Å². The van der Waals surface area contributed by atoms with Crippen LogP contribution in [0.3, 0.4) is 0 Å². The first kappa shape index (κ1) is 28.3. The summed E-state index contributed by atoms with van der Waals surface area (Å²) < 4.78 is 30.3. The van der Waals surface area contributed by atoms with E-state index in [2.05, 4.69) is 30.2 Å². The van der Waals surface area contributed by atoms with Crippen LogP contribution in [0.15, 0.2) is 61.1 Å². The Balaban J connectivity index is 1.51. The van der Waals surface area contributed by atoms with Crippen molar-refractivity contribution in [3.63, 3.8) is 0 Å². The number of hydrogen-bond acceptors (Lipinski definition) is 11. The summed E-state index contributed by atoms with van der Waals surface area (Å²) in [5.41, 5.74) is 6.95. The van der Waals surface area contributed by atoms with Crippen molar-refractivity contribution < 1.29 is 28.2 Å². The maximum absolute atomic E-state index is 13.8. The number of halogens is 1. The highest BCUT2D eigenvalue weighted by Crippen LogP contribution is 2.39. The molecule has 0 saturated carbocycles. The van der Waals surface area contributed by atoms with Crippen LogP contribution in [0.5, 0.6) is 0 Å². The monoisotopic (exact) mass is 572 g/mol. The summed E-state index contributed by atoms with van der Waals surface area (Å²) in [6.45, 7) is 0.858. The SMILES string of the molecule is CC1(C(=O)OCC#N)COC(C(N)=O)(c2nc(-c3ccc(F)cc3)c(-c3ccnc(NCc4ccncc4)n3)[nH]2)OC1. The number of primary amides is 1. The zero-order valence-corrected chi connectivity index (χ0v) is 22.3. The smallest absolute Gasteiger partial charge is 0.317 e. The molecule has 14 heteroatoms. The number of anilines is 1. The molecule has 1 amide bonds. The minimum Gasteiger partial charge on any atom is -0.450 e. The third kappa shape index (κ3) is 5.64. The minimum atomic E-state index is -2.20. The Hall–Kier alpha value is -5.26. The molecule has 1 aliphatic heterocycles. The van der Waals surface area contributed by atoms with E-state index in [4.69, 9.17) is 25.2 Å². The molecule has 0 bridgehead atoms. The van der Waals surface area contributed by atoms with Crippen molar-refractivity contribution in [3.05, 3.63) is 78.3 Å². The van der Waals surface area contributed by atoms with Crippen molar-refractivity contribution >= 4 is 17.8 Å². The zero-order valence-electron chi connectivity index (χ0n) is 22.3.